The molecule has 7 heteroatoms. The fourth-order valence-electron chi connectivity index (χ4n) is 2.02. The Hall–Kier alpha value is -1.66. The summed E-state index contributed by atoms with van der Waals surface area (Å²) in [4.78, 5) is 24.8. The van der Waals surface area contributed by atoms with Crippen LogP contribution in [0.1, 0.15) is 18.4 Å². The zero-order valence-corrected chi connectivity index (χ0v) is 12.4. The van der Waals surface area contributed by atoms with Crippen LogP contribution in [0.4, 0.5) is 5.69 Å². The average Bonchev–Trinajstić information content (AvgIpc) is 2.41. The van der Waals surface area contributed by atoms with Gasteiger partial charge in [0.2, 0.25) is 5.91 Å². The third-order valence-corrected chi connectivity index (χ3v) is 3.78. The Morgan fingerprint density at radius 3 is 2.80 bits per heavy atom. The second-order valence-electron chi connectivity index (χ2n) is 4.59. The molecule has 1 fully saturated rings. The lowest BCUT2D eigenvalue weighted by Crippen LogP contribution is -2.48. The summed E-state index contributed by atoms with van der Waals surface area (Å²) in [6, 6.07) is 4.65. The average molecular weight is 312 g/mol. The largest absolute Gasteiger partial charge is 0.389 e. The number of rotatable bonds is 3. The van der Waals surface area contributed by atoms with Crippen molar-refractivity contribution in [1.82, 2.24) is 4.90 Å². The number of amides is 2. The number of likely N-dealkylation sites (N-methyl/N-ethyl adjacent to an activating group) is 1. The van der Waals surface area contributed by atoms with Gasteiger partial charge in [-0.2, -0.15) is 0 Å². The van der Waals surface area contributed by atoms with Gasteiger partial charge in [0.1, 0.15) is 11.0 Å². The zero-order valence-electron chi connectivity index (χ0n) is 10.9. The minimum Gasteiger partial charge on any atom is -0.389 e. The number of nitrogens with two attached hydrogens (primary N) is 1. The van der Waals surface area contributed by atoms with E-state index in [1.807, 2.05) is 0 Å². The summed E-state index contributed by atoms with van der Waals surface area (Å²) in [5.41, 5.74) is 6.81. The Morgan fingerprint density at radius 1 is 1.50 bits per heavy atom. The molecule has 0 aliphatic carbocycles. The lowest BCUT2D eigenvalue weighted by Gasteiger charge is -2.29. The lowest BCUT2D eigenvalue weighted by atomic mass is 10.0. The van der Waals surface area contributed by atoms with E-state index in [1.165, 1.54) is 7.05 Å². The van der Waals surface area contributed by atoms with Crippen LogP contribution in [0.25, 0.3) is 0 Å². The molecule has 1 aliphatic heterocycles. The van der Waals surface area contributed by atoms with Crippen molar-refractivity contribution in [1.29, 1.82) is 0 Å². The van der Waals surface area contributed by atoms with Crippen molar-refractivity contribution in [3.8, 4) is 0 Å². The lowest BCUT2D eigenvalue weighted by molar-refractivity contribution is -0.146. The van der Waals surface area contributed by atoms with Gasteiger partial charge in [-0.1, -0.05) is 23.8 Å². The van der Waals surface area contributed by atoms with Crippen LogP contribution < -0.4 is 11.1 Å². The minimum absolute atomic E-state index is 0.164. The van der Waals surface area contributed by atoms with Crippen molar-refractivity contribution in [2.75, 3.05) is 12.4 Å². The molecule has 0 radical (unpaired) electrons. The Labute approximate surface area is 127 Å². The maximum Gasteiger partial charge on any atom is 0.251 e. The maximum absolute atomic E-state index is 12.0. The predicted molar refractivity (Wildman–Crippen MR) is 81.8 cm³/mol. The molecule has 1 atom stereocenters. The van der Waals surface area contributed by atoms with Crippen LogP contribution >= 0.6 is 23.8 Å². The number of nitrogens with zero attached hydrogens (tertiary/aromatic N) is 1. The number of thiocarbonyl (C=S) groups is 1. The highest BCUT2D eigenvalue weighted by molar-refractivity contribution is 7.80. The van der Waals surface area contributed by atoms with Crippen LogP contribution in [0.2, 0.25) is 5.02 Å². The van der Waals surface area contributed by atoms with Gasteiger partial charge in [-0.05, 0) is 24.6 Å². The van der Waals surface area contributed by atoms with E-state index < -0.39 is 6.04 Å². The summed E-state index contributed by atoms with van der Waals surface area (Å²) in [5.74, 6) is -0.418. The summed E-state index contributed by atoms with van der Waals surface area (Å²) in [5, 5.41) is 3.49. The van der Waals surface area contributed by atoms with E-state index in [9.17, 15) is 9.59 Å². The van der Waals surface area contributed by atoms with E-state index in [2.05, 4.69) is 5.32 Å². The number of piperidine rings is 1. The molecule has 0 aromatic heterocycles. The summed E-state index contributed by atoms with van der Waals surface area (Å²) < 4.78 is 0. The Bertz CT molecular complexity index is 591. The first kappa shape index (κ1) is 14.7. The normalized spacial score (nSPS) is 19.1. The number of hydrogen-bond donors (Lipinski definition) is 2. The number of likely N-dealkylation sites (tertiary alicyclic amines) is 1. The van der Waals surface area contributed by atoms with Crippen LogP contribution in [0.5, 0.6) is 0 Å². The van der Waals surface area contributed by atoms with Crippen LogP contribution in [-0.4, -0.2) is 34.8 Å². The molecule has 1 aromatic carbocycles. The summed E-state index contributed by atoms with van der Waals surface area (Å²) in [7, 11) is 1.48. The minimum atomic E-state index is -0.453. The molecule has 5 nitrogen and oxygen atoms in total. The molecule has 20 heavy (non-hydrogen) atoms. The summed E-state index contributed by atoms with van der Waals surface area (Å²) in [6.07, 6.45) is 0.790. The number of carbonyl (C=O) groups is 2. The number of benzene rings is 1. The molecule has 1 heterocycles. The Balaban J connectivity index is 2.16. The van der Waals surface area contributed by atoms with Crippen molar-refractivity contribution >= 4 is 46.3 Å². The fourth-order valence-corrected chi connectivity index (χ4v) is 2.38. The highest BCUT2D eigenvalue weighted by Crippen LogP contribution is 2.26. The monoisotopic (exact) mass is 311 g/mol. The molecule has 0 saturated carbocycles. The molecule has 2 amide bonds. The number of anilines is 1. The van der Waals surface area contributed by atoms with Crippen LogP contribution in [-0.2, 0) is 9.59 Å². The van der Waals surface area contributed by atoms with E-state index in [0.717, 1.165) is 4.90 Å². The van der Waals surface area contributed by atoms with Crippen molar-refractivity contribution in [2.45, 2.75) is 18.9 Å². The van der Waals surface area contributed by atoms with Crippen LogP contribution in [0, 0.1) is 0 Å². The third-order valence-electron chi connectivity index (χ3n) is 3.23. The van der Waals surface area contributed by atoms with Gasteiger partial charge in [0, 0.05) is 19.0 Å². The molecule has 3 N–H and O–H groups in total. The third kappa shape index (κ3) is 2.91. The van der Waals surface area contributed by atoms with Gasteiger partial charge in [0.05, 0.1) is 10.7 Å². The predicted octanol–water partition coefficient (Wildman–Crippen LogP) is 1.53. The number of nitrogens with one attached hydrogen (secondary N) is 1. The quantitative estimate of drug-likeness (QED) is 0.654. The molecular formula is C13H14ClN3O2S. The van der Waals surface area contributed by atoms with Gasteiger partial charge in [-0.3, -0.25) is 14.5 Å². The number of halogens is 1. The smallest absolute Gasteiger partial charge is 0.251 e. The highest BCUT2D eigenvalue weighted by Gasteiger charge is 2.31. The van der Waals surface area contributed by atoms with Gasteiger partial charge in [-0.15, -0.1) is 0 Å². The SMILES string of the molecule is CN1C(=O)CCC(Nc2ccc(C(N)=S)cc2Cl)C1=O. The highest BCUT2D eigenvalue weighted by atomic mass is 35.5. The fraction of sp³-hybridized carbons (Fsp3) is 0.308. The molecular weight excluding hydrogens is 298 g/mol. The van der Waals surface area contributed by atoms with Crippen molar-refractivity contribution in [2.24, 2.45) is 5.73 Å². The van der Waals surface area contributed by atoms with Crippen LogP contribution in [0.15, 0.2) is 18.2 Å². The van der Waals surface area contributed by atoms with E-state index >= 15 is 0 Å². The molecule has 1 saturated heterocycles. The first-order valence-corrected chi connectivity index (χ1v) is 6.85. The molecule has 0 bridgehead atoms. The zero-order chi connectivity index (χ0) is 14.9. The topological polar surface area (TPSA) is 75.4 Å². The summed E-state index contributed by atoms with van der Waals surface area (Å²) in [6.45, 7) is 0. The van der Waals surface area contributed by atoms with Gasteiger partial charge in [0.25, 0.3) is 5.91 Å². The van der Waals surface area contributed by atoms with E-state index in [4.69, 9.17) is 29.6 Å². The molecule has 2 rings (SSSR count). The number of hydrogen-bond acceptors (Lipinski definition) is 4. The van der Waals surface area contributed by atoms with Gasteiger partial charge in [0.15, 0.2) is 0 Å². The maximum atomic E-state index is 12.0. The van der Waals surface area contributed by atoms with Gasteiger partial charge >= 0.3 is 0 Å². The van der Waals surface area contributed by atoms with Gasteiger partial charge in [-0.25, -0.2) is 0 Å². The van der Waals surface area contributed by atoms with E-state index in [1.54, 1.807) is 18.2 Å². The van der Waals surface area contributed by atoms with E-state index in [-0.39, 0.29) is 16.8 Å². The molecule has 1 aliphatic rings. The first-order chi connectivity index (χ1) is 9.40. The molecule has 106 valence electrons. The standard InChI is InChI=1S/C13H14ClN3O2S/c1-17-11(18)5-4-10(13(17)19)16-9-3-2-7(12(15)20)6-8(9)14/h2-3,6,10,16H,4-5H2,1H3,(H2,15,20). The Morgan fingerprint density at radius 2 is 2.20 bits per heavy atom. The molecule has 1 unspecified atom stereocenters. The number of carbonyl (C=O) groups excluding carboxylic acids is 2. The number of imide groups is 1. The van der Waals surface area contributed by atoms with Crippen molar-refractivity contribution in [3.05, 3.63) is 28.8 Å². The van der Waals surface area contributed by atoms with Gasteiger partial charge < -0.3 is 11.1 Å². The van der Waals surface area contributed by atoms with Crippen molar-refractivity contribution in [3.63, 3.8) is 0 Å². The van der Waals surface area contributed by atoms with E-state index in [0.29, 0.717) is 29.1 Å². The second kappa shape index (κ2) is 5.76. The molecule has 0 spiro atoms. The van der Waals surface area contributed by atoms with Crippen molar-refractivity contribution < 1.29 is 9.59 Å². The first-order valence-electron chi connectivity index (χ1n) is 6.06. The summed E-state index contributed by atoms with van der Waals surface area (Å²) >= 11 is 11.0. The second-order valence-corrected chi connectivity index (χ2v) is 5.43. The Kier molecular flexibility index (Phi) is 4.25. The van der Waals surface area contributed by atoms with Crippen LogP contribution in [0.3, 0.4) is 0 Å². The molecule has 1 aromatic rings.